The SMILES string of the molecule is O[C@@H]1C=C[C@H](OC2CCCCC2)CC1. The van der Waals surface area contributed by atoms with Crippen molar-refractivity contribution < 1.29 is 9.84 Å². The van der Waals surface area contributed by atoms with E-state index in [2.05, 4.69) is 0 Å². The molecule has 80 valence electrons. The number of aliphatic hydroxyl groups is 1. The molecule has 1 saturated carbocycles. The summed E-state index contributed by atoms with van der Waals surface area (Å²) < 4.78 is 5.98. The van der Waals surface area contributed by atoms with Crippen LogP contribution in [0.25, 0.3) is 0 Å². The molecule has 0 heterocycles. The van der Waals surface area contributed by atoms with E-state index in [4.69, 9.17) is 4.74 Å². The van der Waals surface area contributed by atoms with E-state index in [0.29, 0.717) is 6.10 Å². The van der Waals surface area contributed by atoms with Gasteiger partial charge in [-0.2, -0.15) is 0 Å². The maximum absolute atomic E-state index is 9.29. The van der Waals surface area contributed by atoms with Crippen molar-refractivity contribution in [3.05, 3.63) is 12.2 Å². The Morgan fingerprint density at radius 1 is 0.929 bits per heavy atom. The van der Waals surface area contributed by atoms with Crippen LogP contribution in [0.5, 0.6) is 0 Å². The monoisotopic (exact) mass is 196 g/mol. The van der Waals surface area contributed by atoms with Gasteiger partial charge in [-0.3, -0.25) is 0 Å². The molecule has 0 aromatic heterocycles. The average molecular weight is 196 g/mol. The van der Waals surface area contributed by atoms with Crippen molar-refractivity contribution in [3.63, 3.8) is 0 Å². The maximum atomic E-state index is 9.29. The van der Waals surface area contributed by atoms with Crippen LogP contribution in [0.1, 0.15) is 44.9 Å². The highest BCUT2D eigenvalue weighted by molar-refractivity contribution is 4.99. The quantitative estimate of drug-likeness (QED) is 0.687. The highest BCUT2D eigenvalue weighted by atomic mass is 16.5. The van der Waals surface area contributed by atoms with E-state index in [-0.39, 0.29) is 12.2 Å². The summed E-state index contributed by atoms with van der Waals surface area (Å²) in [4.78, 5) is 0. The first-order chi connectivity index (χ1) is 6.84. The zero-order chi connectivity index (χ0) is 9.80. The molecular weight excluding hydrogens is 176 g/mol. The molecule has 0 unspecified atom stereocenters. The van der Waals surface area contributed by atoms with Crippen LogP contribution in [0.2, 0.25) is 0 Å². The fourth-order valence-electron chi connectivity index (χ4n) is 2.34. The number of rotatable bonds is 2. The van der Waals surface area contributed by atoms with Crippen LogP contribution in [0, 0.1) is 0 Å². The maximum Gasteiger partial charge on any atom is 0.0761 e. The van der Waals surface area contributed by atoms with E-state index in [1.54, 1.807) is 0 Å². The summed E-state index contributed by atoms with van der Waals surface area (Å²) >= 11 is 0. The predicted molar refractivity (Wildman–Crippen MR) is 56.1 cm³/mol. The third-order valence-electron chi connectivity index (χ3n) is 3.21. The van der Waals surface area contributed by atoms with E-state index in [1.165, 1.54) is 32.1 Å². The molecule has 1 N–H and O–H groups in total. The molecule has 2 heteroatoms. The lowest BCUT2D eigenvalue weighted by Crippen LogP contribution is -2.26. The average Bonchev–Trinajstić information content (AvgIpc) is 2.23. The fourth-order valence-corrected chi connectivity index (χ4v) is 2.34. The summed E-state index contributed by atoms with van der Waals surface area (Å²) in [6.07, 6.45) is 12.7. The third kappa shape index (κ3) is 2.82. The normalized spacial score (nSPS) is 34.6. The van der Waals surface area contributed by atoms with Crippen molar-refractivity contribution in [3.8, 4) is 0 Å². The molecule has 2 nitrogen and oxygen atoms in total. The van der Waals surface area contributed by atoms with Gasteiger partial charge in [-0.25, -0.2) is 0 Å². The highest BCUT2D eigenvalue weighted by Gasteiger charge is 2.20. The van der Waals surface area contributed by atoms with Gasteiger partial charge < -0.3 is 9.84 Å². The molecule has 0 radical (unpaired) electrons. The molecule has 2 rings (SSSR count). The molecule has 0 saturated heterocycles. The van der Waals surface area contributed by atoms with E-state index >= 15 is 0 Å². The van der Waals surface area contributed by atoms with Crippen LogP contribution in [-0.2, 0) is 4.74 Å². The van der Waals surface area contributed by atoms with Gasteiger partial charge in [-0.05, 0) is 25.7 Å². The van der Waals surface area contributed by atoms with Gasteiger partial charge in [-0.1, -0.05) is 31.4 Å². The minimum absolute atomic E-state index is 0.235. The van der Waals surface area contributed by atoms with Crippen LogP contribution >= 0.6 is 0 Å². The van der Waals surface area contributed by atoms with Gasteiger partial charge in [0.2, 0.25) is 0 Å². The van der Waals surface area contributed by atoms with Gasteiger partial charge in [0.25, 0.3) is 0 Å². The lowest BCUT2D eigenvalue weighted by molar-refractivity contribution is -0.0184. The Hall–Kier alpha value is -0.340. The molecule has 0 amide bonds. The van der Waals surface area contributed by atoms with E-state index in [0.717, 1.165) is 12.8 Å². The molecule has 0 spiro atoms. The van der Waals surface area contributed by atoms with Crippen molar-refractivity contribution in [1.29, 1.82) is 0 Å². The van der Waals surface area contributed by atoms with Gasteiger partial charge in [0, 0.05) is 0 Å². The van der Waals surface area contributed by atoms with Crippen LogP contribution in [-0.4, -0.2) is 23.4 Å². The summed E-state index contributed by atoms with van der Waals surface area (Å²) in [5.41, 5.74) is 0. The van der Waals surface area contributed by atoms with Crippen LogP contribution < -0.4 is 0 Å². The smallest absolute Gasteiger partial charge is 0.0761 e. The molecule has 0 bridgehead atoms. The summed E-state index contributed by atoms with van der Waals surface area (Å²) in [6, 6.07) is 0. The lowest BCUT2D eigenvalue weighted by Gasteiger charge is -2.28. The Morgan fingerprint density at radius 2 is 1.71 bits per heavy atom. The van der Waals surface area contributed by atoms with Crippen LogP contribution in [0.15, 0.2) is 12.2 Å². The Morgan fingerprint density at radius 3 is 2.36 bits per heavy atom. The molecule has 14 heavy (non-hydrogen) atoms. The molecule has 2 aliphatic rings. The third-order valence-corrected chi connectivity index (χ3v) is 3.21. The molecule has 2 aliphatic carbocycles. The molecule has 0 aromatic carbocycles. The van der Waals surface area contributed by atoms with Gasteiger partial charge >= 0.3 is 0 Å². The summed E-state index contributed by atoms with van der Waals surface area (Å²) in [7, 11) is 0. The zero-order valence-electron chi connectivity index (χ0n) is 8.69. The molecule has 2 atom stereocenters. The number of ether oxygens (including phenoxy) is 1. The van der Waals surface area contributed by atoms with Crippen LogP contribution in [0.3, 0.4) is 0 Å². The van der Waals surface area contributed by atoms with Crippen molar-refractivity contribution >= 4 is 0 Å². The predicted octanol–water partition coefficient (Wildman–Crippen LogP) is 2.42. The summed E-state index contributed by atoms with van der Waals surface area (Å²) in [5.74, 6) is 0. The first kappa shape index (κ1) is 10.2. The number of aliphatic hydroxyl groups excluding tert-OH is 1. The zero-order valence-corrected chi connectivity index (χ0v) is 8.69. The first-order valence-corrected chi connectivity index (χ1v) is 5.86. The fraction of sp³-hybridized carbons (Fsp3) is 0.833. The van der Waals surface area contributed by atoms with Crippen molar-refractivity contribution in [2.45, 2.75) is 63.3 Å². The van der Waals surface area contributed by atoms with E-state index in [1.807, 2.05) is 12.2 Å². The molecule has 0 aromatic rings. The van der Waals surface area contributed by atoms with Crippen molar-refractivity contribution in [2.75, 3.05) is 0 Å². The van der Waals surface area contributed by atoms with E-state index in [9.17, 15) is 5.11 Å². The second-order valence-corrected chi connectivity index (χ2v) is 4.46. The molecule has 0 aliphatic heterocycles. The van der Waals surface area contributed by atoms with Gasteiger partial charge in [0.05, 0.1) is 18.3 Å². The van der Waals surface area contributed by atoms with Gasteiger partial charge in [0.1, 0.15) is 0 Å². The number of hydrogen-bond acceptors (Lipinski definition) is 2. The van der Waals surface area contributed by atoms with Gasteiger partial charge in [-0.15, -0.1) is 0 Å². The summed E-state index contributed by atoms with van der Waals surface area (Å²) in [5, 5.41) is 9.29. The highest BCUT2D eigenvalue weighted by Crippen LogP contribution is 2.24. The number of hydrogen-bond donors (Lipinski definition) is 1. The van der Waals surface area contributed by atoms with E-state index < -0.39 is 0 Å². The second kappa shape index (κ2) is 4.94. The Kier molecular flexibility index (Phi) is 3.60. The largest absolute Gasteiger partial charge is 0.389 e. The van der Waals surface area contributed by atoms with Crippen molar-refractivity contribution in [1.82, 2.24) is 0 Å². The van der Waals surface area contributed by atoms with Crippen molar-refractivity contribution in [2.24, 2.45) is 0 Å². The molecule has 1 fully saturated rings. The standard InChI is InChI=1S/C12H20O2/c13-10-6-8-12(9-7-10)14-11-4-2-1-3-5-11/h6,8,10-13H,1-5,7,9H2/t10-,12+/m1/s1. The second-order valence-electron chi connectivity index (χ2n) is 4.46. The minimum Gasteiger partial charge on any atom is -0.389 e. The summed E-state index contributed by atoms with van der Waals surface area (Å²) in [6.45, 7) is 0. The molecular formula is C12H20O2. The Balaban J connectivity index is 1.76. The Labute approximate surface area is 86.0 Å². The minimum atomic E-state index is -0.235. The first-order valence-electron chi connectivity index (χ1n) is 5.86. The van der Waals surface area contributed by atoms with Crippen LogP contribution in [0.4, 0.5) is 0 Å². The lowest BCUT2D eigenvalue weighted by atomic mass is 9.96. The topological polar surface area (TPSA) is 29.5 Å². The van der Waals surface area contributed by atoms with Gasteiger partial charge in [0.15, 0.2) is 0 Å². The Bertz CT molecular complexity index is 194.